The number of nitrogens with zero attached hydrogens (tertiary/aromatic N) is 8. The third kappa shape index (κ3) is 13.6. The minimum atomic E-state index is -0.684. The van der Waals surface area contributed by atoms with E-state index in [1.165, 1.54) is 104 Å². The predicted molar refractivity (Wildman–Crippen MR) is 452 cm³/mol. The molecule has 2 amide bonds. The first-order valence-electron chi connectivity index (χ1n) is 38.1. The number of carbonyl (C=O) groups is 4. The van der Waals surface area contributed by atoms with Crippen LogP contribution in [0.15, 0.2) is 182 Å². The summed E-state index contributed by atoms with van der Waals surface area (Å²) in [6.45, 7) is 10.5. The zero-order valence-electron chi connectivity index (χ0n) is 62.3. The van der Waals surface area contributed by atoms with Crippen molar-refractivity contribution < 1.29 is 29.4 Å². The Balaban J connectivity index is 0.000000102. The number of amides is 2. The van der Waals surface area contributed by atoms with E-state index in [4.69, 9.17) is 79.7 Å². The van der Waals surface area contributed by atoms with Crippen molar-refractivity contribution in [3.8, 4) is 0 Å². The van der Waals surface area contributed by atoms with E-state index in [0.717, 1.165) is 102 Å². The number of tetrazole rings is 1. The van der Waals surface area contributed by atoms with Gasteiger partial charge in [0.1, 0.15) is 0 Å². The predicted octanol–water partition coefficient (Wildman–Crippen LogP) is 22.4. The van der Waals surface area contributed by atoms with Crippen LogP contribution in [0.3, 0.4) is 0 Å². The number of fused-ring (bicyclic) bond motifs is 15. The van der Waals surface area contributed by atoms with Gasteiger partial charge >= 0.3 is 11.9 Å². The van der Waals surface area contributed by atoms with Gasteiger partial charge in [0.15, 0.2) is 5.82 Å². The third-order valence-electron chi connectivity index (χ3n) is 24.2. The number of primary amides is 2. The molecule has 17 nitrogen and oxygen atoms in total. The molecule has 21 rings (SSSR count). The molecule has 0 radical (unpaired) electrons. The number of hydrogen-bond acceptors (Lipinski definition) is 7. The molecular weight excluding hydrogens is 1510 g/mol. The maximum Gasteiger partial charge on any atom is 0.306 e. The highest BCUT2D eigenvalue weighted by atomic mass is 35.5. The number of nitrogens with two attached hydrogens (primary N) is 2. The first-order chi connectivity index (χ1) is 53.9. The topological polar surface area (TPSA) is 240 Å². The van der Waals surface area contributed by atoms with Gasteiger partial charge in [-0.3, -0.25) is 19.2 Å². The van der Waals surface area contributed by atoms with Gasteiger partial charge in [0.05, 0.1) is 11.8 Å². The zero-order valence-corrected chi connectivity index (χ0v) is 66.1. The molecule has 0 saturated heterocycles. The Bertz CT molecular complexity index is 5580. The quantitative estimate of drug-likeness (QED) is 0.0873. The molecular formula is C90H82Cl5N11O6. The number of carboxylic acids is 2. The fraction of sp³-hybridized carbons (Fsp3) is 0.278. The average Bonchev–Trinajstić information content (AvgIpc) is 1.60. The Kier molecular flexibility index (Phi) is 19.7. The normalized spacial score (nSPS) is 21.1. The van der Waals surface area contributed by atoms with Crippen molar-refractivity contribution in [2.24, 2.45) is 35.1 Å². The lowest BCUT2D eigenvalue weighted by Crippen LogP contribution is -2.36. The van der Waals surface area contributed by atoms with Crippen molar-refractivity contribution in [2.75, 3.05) is 0 Å². The van der Waals surface area contributed by atoms with Crippen LogP contribution in [0, 0.1) is 58.3 Å². The van der Waals surface area contributed by atoms with Crippen molar-refractivity contribution in [1.82, 2.24) is 43.5 Å². The molecule has 7 N–H and O–H groups in total. The number of carboxylic acid groups (broad SMARTS) is 2. The largest absolute Gasteiger partial charge is 0.481 e. The third-order valence-corrected chi connectivity index (χ3v) is 25.4. The number of halogens is 5. The highest BCUT2D eigenvalue weighted by molar-refractivity contribution is 6.34. The van der Waals surface area contributed by atoms with Gasteiger partial charge < -0.3 is 44.5 Å². The lowest BCUT2D eigenvalue weighted by molar-refractivity contribution is -0.146. The molecule has 0 aliphatic heterocycles. The molecule has 0 spiro atoms. The Hall–Kier alpha value is -10.4. The van der Waals surface area contributed by atoms with Crippen LogP contribution >= 0.6 is 58.0 Å². The van der Waals surface area contributed by atoms with E-state index in [1.807, 2.05) is 66.7 Å². The highest BCUT2D eigenvalue weighted by Gasteiger charge is 2.41. The van der Waals surface area contributed by atoms with Crippen molar-refractivity contribution >= 4 is 191 Å². The fourth-order valence-electron chi connectivity index (χ4n) is 18.1. The molecule has 5 aliphatic carbocycles. The smallest absolute Gasteiger partial charge is 0.306 e. The summed E-state index contributed by atoms with van der Waals surface area (Å²) in [4.78, 5) is 44.8. The Morgan fingerprint density at radius 3 is 0.732 bits per heavy atom. The average molecular weight is 1590 g/mol. The van der Waals surface area contributed by atoms with Gasteiger partial charge in [0.25, 0.3) is 0 Å². The molecule has 16 aromatic rings. The number of aromatic amines is 1. The number of aliphatic carboxylic acids is 2. The molecule has 5 aliphatic rings. The summed E-state index contributed by atoms with van der Waals surface area (Å²) < 4.78 is 11.7. The van der Waals surface area contributed by atoms with Crippen molar-refractivity contribution in [2.45, 2.75) is 135 Å². The number of aromatic nitrogens is 9. The highest BCUT2D eigenvalue weighted by Crippen LogP contribution is 2.51. The number of H-pyrrole nitrogens is 1. The van der Waals surface area contributed by atoms with Gasteiger partial charge in [-0.25, -0.2) is 0 Å². The molecule has 0 unspecified atom stereocenters. The lowest BCUT2D eigenvalue weighted by atomic mass is 9.79. The molecule has 5 fully saturated rings. The molecule has 6 aromatic heterocycles. The lowest BCUT2D eigenvalue weighted by Gasteiger charge is -2.35. The number of rotatable bonds is 10. The van der Waals surface area contributed by atoms with Crippen LogP contribution in [0.4, 0.5) is 0 Å². The Morgan fingerprint density at radius 1 is 0.321 bits per heavy atom. The van der Waals surface area contributed by atoms with Gasteiger partial charge in [-0.1, -0.05) is 121 Å². The van der Waals surface area contributed by atoms with Gasteiger partial charge in [-0.05, 0) is 250 Å². The van der Waals surface area contributed by atoms with Crippen LogP contribution in [0.1, 0.15) is 134 Å². The first-order valence-corrected chi connectivity index (χ1v) is 40.0. The zero-order chi connectivity index (χ0) is 78.0. The molecule has 0 bridgehead atoms. The molecule has 112 heavy (non-hydrogen) atoms. The van der Waals surface area contributed by atoms with Gasteiger partial charge in [-0.2, -0.15) is 5.21 Å². The summed E-state index contributed by atoms with van der Waals surface area (Å²) in [5.41, 5.74) is 28.9. The van der Waals surface area contributed by atoms with Crippen LogP contribution in [0.5, 0.6) is 0 Å². The monoisotopic (exact) mass is 1590 g/mol. The second-order valence-corrected chi connectivity index (χ2v) is 33.8. The molecule has 568 valence electrons. The van der Waals surface area contributed by atoms with Crippen LogP contribution in [0.25, 0.3) is 109 Å². The van der Waals surface area contributed by atoms with Crippen LogP contribution in [-0.2, 0) is 19.2 Å². The summed E-state index contributed by atoms with van der Waals surface area (Å²) in [5, 5.41) is 48.4. The van der Waals surface area contributed by atoms with Crippen molar-refractivity contribution in [3.05, 3.63) is 241 Å². The maximum absolute atomic E-state index is 11.3. The molecule has 0 atom stereocenters. The molecule has 10 aromatic carbocycles. The maximum atomic E-state index is 11.3. The Labute approximate surface area is 669 Å². The number of carbonyl (C=O) groups excluding carboxylic acids is 2. The van der Waals surface area contributed by atoms with Crippen molar-refractivity contribution in [3.63, 3.8) is 0 Å². The van der Waals surface area contributed by atoms with E-state index < -0.39 is 11.9 Å². The Morgan fingerprint density at radius 2 is 0.527 bits per heavy atom. The minimum Gasteiger partial charge on any atom is -0.481 e. The second kappa shape index (κ2) is 29.6. The molecule has 5 saturated carbocycles. The van der Waals surface area contributed by atoms with Gasteiger partial charge in [-0.15, -0.1) is 10.2 Å². The second-order valence-electron chi connectivity index (χ2n) is 31.6. The number of benzene rings is 10. The van der Waals surface area contributed by atoms with Crippen LogP contribution < -0.4 is 11.5 Å². The van der Waals surface area contributed by atoms with Crippen LogP contribution in [-0.4, -0.2) is 77.4 Å². The van der Waals surface area contributed by atoms with Gasteiger partial charge in [0, 0.05) is 182 Å². The van der Waals surface area contributed by atoms with Crippen molar-refractivity contribution in [1.29, 1.82) is 0 Å². The van der Waals surface area contributed by atoms with E-state index in [-0.39, 0.29) is 47.6 Å². The number of aryl methyl sites for hydroxylation is 5. The fourth-order valence-corrected chi connectivity index (χ4v) is 18.9. The van der Waals surface area contributed by atoms with E-state index in [1.54, 1.807) is 0 Å². The summed E-state index contributed by atoms with van der Waals surface area (Å²) in [6.07, 6.45) is 8.17. The standard InChI is InChI=1S/C18H16ClN5.2C18H17ClN2O.2C18H16ClNO2/c1-10-2-4-16-14(6-10)15-9-12(19)3-5-17(15)24(16)13-7-11(8-13)18-20-22-23-21-18;2*1-10-2-4-16-14(6-10)15-9-12(19)3-5-17(15)21(16)13-7-11(8-13)18(20)22;2*1-10-2-4-16-14(6-10)15-9-12(19)3-5-17(15)20(16)13-7-11(8-13)18(21)22/h2-6,9,11,13H,7-8H2,1H3,(H,20,21,22,23);2*2-6,9,11,13H,7-8H2,1H3,(H2,20,22);2*2-6,9,11,13H,7-8H2,1H3,(H,21,22). The van der Waals surface area contributed by atoms with E-state index >= 15 is 0 Å². The van der Waals surface area contributed by atoms with Gasteiger partial charge in [0.2, 0.25) is 11.8 Å². The van der Waals surface area contributed by atoms with E-state index in [0.29, 0.717) is 49.7 Å². The summed E-state index contributed by atoms with van der Waals surface area (Å²) in [5.74, 6) is -0.931. The van der Waals surface area contributed by atoms with E-state index in [2.05, 4.69) is 193 Å². The summed E-state index contributed by atoms with van der Waals surface area (Å²) in [7, 11) is 0. The van der Waals surface area contributed by atoms with E-state index in [9.17, 15) is 19.2 Å². The molecule has 6 heterocycles. The molecule has 22 heteroatoms. The van der Waals surface area contributed by atoms with Crippen LogP contribution in [0.2, 0.25) is 25.1 Å². The summed E-state index contributed by atoms with van der Waals surface area (Å²) >= 11 is 31.0. The number of nitrogens with one attached hydrogen (secondary N) is 1. The minimum absolute atomic E-state index is 0.00949. The first kappa shape index (κ1) is 74.3. The SMILES string of the molecule is Cc1ccc2c(c1)c1cc(Cl)ccc1n2C1CC(C(=O)O)C1.Cc1ccc2c(c1)c1cc(Cl)ccc1n2C1CC(C(=O)O)C1.Cc1ccc2c(c1)c1cc(Cl)ccc1n2C1CC(C(N)=O)C1.Cc1ccc2c(c1)c1cc(Cl)ccc1n2C1CC(C(N)=O)C1.Cc1ccc2c(c1)c1cc(Cl)ccc1n2C1CC(c2nn[nH]n2)C1. The summed E-state index contributed by atoms with van der Waals surface area (Å²) in [6, 6.07) is 64.2. The number of hydrogen-bond donors (Lipinski definition) is 5.